The van der Waals surface area contributed by atoms with Crippen molar-refractivity contribution in [1.82, 2.24) is 9.88 Å². The summed E-state index contributed by atoms with van der Waals surface area (Å²) in [6.45, 7) is 4.09. The molecule has 168 valence electrons. The first-order valence-corrected chi connectivity index (χ1v) is 10.4. The van der Waals surface area contributed by atoms with Crippen molar-refractivity contribution < 1.29 is 37.0 Å². The number of likely N-dealkylation sites (tertiary alicyclic amines) is 1. The second-order valence-corrected chi connectivity index (χ2v) is 8.87. The van der Waals surface area contributed by atoms with Crippen LogP contribution in [0.5, 0.6) is 0 Å². The predicted octanol–water partition coefficient (Wildman–Crippen LogP) is 3.53. The summed E-state index contributed by atoms with van der Waals surface area (Å²) in [5.41, 5.74) is 2.05. The van der Waals surface area contributed by atoms with E-state index in [1.54, 1.807) is 18.7 Å². The van der Waals surface area contributed by atoms with Crippen molar-refractivity contribution in [1.29, 1.82) is 0 Å². The molecular weight excluding hydrogens is 437 g/mol. The normalized spacial score (nSPS) is 19.5. The van der Waals surface area contributed by atoms with Gasteiger partial charge >= 0.3 is 12.1 Å². The van der Waals surface area contributed by atoms with Gasteiger partial charge in [0, 0.05) is 36.8 Å². The number of pyridine rings is 1. The third-order valence-electron chi connectivity index (χ3n) is 4.95. The molecule has 0 radical (unpaired) electrons. The Labute approximate surface area is 180 Å². The fraction of sp³-hybridized carbons (Fsp3) is 0.450. The Bertz CT molecular complexity index is 913. The Hall–Kier alpha value is -2.53. The maximum absolute atomic E-state index is 12.4. The Morgan fingerprint density at radius 2 is 1.97 bits per heavy atom. The molecule has 2 aromatic heterocycles. The van der Waals surface area contributed by atoms with E-state index in [1.807, 2.05) is 41.8 Å². The van der Waals surface area contributed by atoms with Crippen LogP contribution in [0.1, 0.15) is 28.1 Å². The van der Waals surface area contributed by atoms with Gasteiger partial charge in [0.15, 0.2) is 5.76 Å². The molecular formula is C20H21F3N2O5S. The molecule has 0 saturated carbocycles. The number of carboxylic acids is 1. The van der Waals surface area contributed by atoms with Crippen molar-refractivity contribution in [2.45, 2.75) is 37.0 Å². The zero-order valence-corrected chi connectivity index (χ0v) is 17.4. The van der Waals surface area contributed by atoms with E-state index in [1.165, 1.54) is 0 Å². The number of halogens is 3. The van der Waals surface area contributed by atoms with Crippen LogP contribution in [0.25, 0.3) is 0 Å². The summed E-state index contributed by atoms with van der Waals surface area (Å²) in [7, 11) is 0. The first kappa shape index (κ1) is 23.1. The molecule has 0 bridgehead atoms. The van der Waals surface area contributed by atoms with E-state index in [4.69, 9.17) is 19.1 Å². The summed E-state index contributed by atoms with van der Waals surface area (Å²) in [6, 6.07) is 5.79. The number of aliphatic carboxylic acids is 1. The number of aromatic nitrogens is 1. The average Bonchev–Trinajstić information content (AvgIpc) is 3.32. The Morgan fingerprint density at radius 1 is 1.32 bits per heavy atom. The van der Waals surface area contributed by atoms with Crippen LogP contribution in [0.3, 0.4) is 0 Å². The van der Waals surface area contributed by atoms with E-state index in [2.05, 4.69) is 4.98 Å². The number of ether oxygens (including phenoxy) is 1. The fourth-order valence-electron chi connectivity index (χ4n) is 3.35. The number of amides is 1. The van der Waals surface area contributed by atoms with Crippen molar-refractivity contribution in [3.8, 4) is 0 Å². The van der Waals surface area contributed by atoms with E-state index in [-0.39, 0.29) is 16.8 Å². The number of alkyl halides is 3. The molecule has 2 aliphatic rings. The maximum atomic E-state index is 12.4. The molecule has 0 aliphatic carbocycles. The SMILES string of the molecule is Cc1ccoc1C(=O)N1CC2(CC(OCc3ccncc3)CS2)C1.O=C(O)C(F)(F)F. The van der Waals surface area contributed by atoms with E-state index >= 15 is 0 Å². The molecule has 1 amide bonds. The summed E-state index contributed by atoms with van der Waals surface area (Å²) in [5.74, 6) is -1.29. The van der Waals surface area contributed by atoms with Crippen LogP contribution in [0.2, 0.25) is 0 Å². The number of rotatable bonds is 4. The third kappa shape index (κ3) is 5.79. The van der Waals surface area contributed by atoms with Gasteiger partial charge in [-0.3, -0.25) is 9.78 Å². The standard InChI is InChI=1S/C18H20N2O3S.C2HF3O2/c1-13-4-7-22-16(13)17(21)20-11-18(12-20)8-15(10-24-18)23-9-14-2-5-19-6-3-14;3-2(4,5)1(6)7/h2-7,15H,8-12H2,1H3;(H,6,7). The lowest BCUT2D eigenvalue weighted by Crippen LogP contribution is -2.60. The number of hydrogen-bond donors (Lipinski definition) is 1. The van der Waals surface area contributed by atoms with Gasteiger partial charge < -0.3 is 19.2 Å². The molecule has 31 heavy (non-hydrogen) atoms. The molecule has 1 spiro atoms. The zero-order chi connectivity index (χ0) is 22.6. The molecule has 7 nitrogen and oxygen atoms in total. The van der Waals surface area contributed by atoms with Gasteiger partial charge in [-0.1, -0.05) is 0 Å². The monoisotopic (exact) mass is 458 g/mol. The van der Waals surface area contributed by atoms with Crippen LogP contribution in [0, 0.1) is 6.92 Å². The summed E-state index contributed by atoms with van der Waals surface area (Å²) < 4.78 is 43.3. The lowest BCUT2D eigenvalue weighted by atomic mass is 9.92. The van der Waals surface area contributed by atoms with Crippen LogP contribution in [-0.4, -0.2) is 62.7 Å². The molecule has 11 heteroatoms. The van der Waals surface area contributed by atoms with Crippen LogP contribution in [-0.2, 0) is 16.1 Å². The van der Waals surface area contributed by atoms with Gasteiger partial charge in [0.2, 0.25) is 0 Å². The summed E-state index contributed by atoms with van der Waals surface area (Å²) in [5, 5.41) is 7.12. The third-order valence-corrected chi connectivity index (χ3v) is 6.53. The second kappa shape index (κ2) is 9.31. The number of carboxylic acid groups (broad SMARTS) is 1. The highest BCUT2D eigenvalue weighted by atomic mass is 32.2. The molecule has 1 N–H and O–H groups in total. The number of thioether (sulfide) groups is 1. The molecule has 1 atom stereocenters. The highest BCUT2D eigenvalue weighted by Crippen LogP contribution is 2.46. The number of nitrogens with zero attached hydrogens (tertiary/aromatic N) is 2. The summed E-state index contributed by atoms with van der Waals surface area (Å²) in [6.07, 6.45) is 1.33. The Morgan fingerprint density at radius 3 is 2.52 bits per heavy atom. The number of furan rings is 1. The van der Waals surface area contributed by atoms with Gasteiger partial charge in [-0.25, -0.2) is 4.79 Å². The van der Waals surface area contributed by atoms with Gasteiger partial charge in [0.05, 0.1) is 23.7 Å². The van der Waals surface area contributed by atoms with Gasteiger partial charge in [-0.15, -0.1) is 11.8 Å². The van der Waals surface area contributed by atoms with Crippen LogP contribution >= 0.6 is 11.8 Å². The van der Waals surface area contributed by atoms with Crippen molar-refractivity contribution in [3.05, 3.63) is 53.7 Å². The molecule has 2 saturated heterocycles. The van der Waals surface area contributed by atoms with Crippen LogP contribution in [0.15, 0.2) is 41.3 Å². The number of aryl methyl sites for hydroxylation is 1. The summed E-state index contributed by atoms with van der Waals surface area (Å²) >= 11 is 1.94. The quantitative estimate of drug-likeness (QED) is 0.749. The Balaban J connectivity index is 0.000000339. The predicted molar refractivity (Wildman–Crippen MR) is 106 cm³/mol. The van der Waals surface area contributed by atoms with E-state index in [0.717, 1.165) is 36.4 Å². The Kier molecular flexibility index (Phi) is 6.95. The van der Waals surface area contributed by atoms with E-state index in [9.17, 15) is 18.0 Å². The van der Waals surface area contributed by atoms with Crippen molar-refractivity contribution >= 4 is 23.6 Å². The second-order valence-electron chi connectivity index (χ2n) is 7.38. The molecule has 2 aliphatic heterocycles. The topological polar surface area (TPSA) is 92.9 Å². The van der Waals surface area contributed by atoms with Crippen LogP contribution in [0.4, 0.5) is 13.2 Å². The lowest BCUT2D eigenvalue weighted by Gasteiger charge is -2.47. The van der Waals surface area contributed by atoms with Crippen LogP contribution < -0.4 is 0 Å². The summed E-state index contributed by atoms with van der Waals surface area (Å²) in [4.78, 5) is 27.2. The first-order valence-electron chi connectivity index (χ1n) is 9.38. The number of hydrogen-bond acceptors (Lipinski definition) is 6. The molecule has 2 fully saturated rings. The smallest absolute Gasteiger partial charge is 0.475 e. The van der Waals surface area contributed by atoms with Crippen molar-refractivity contribution in [2.75, 3.05) is 18.8 Å². The van der Waals surface area contributed by atoms with Crippen molar-refractivity contribution in [2.24, 2.45) is 0 Å². The highest BCUT2D eigenvalue weighted by molar-refractivity contribution is 8.01. The number of carbonyl (C=O) groups excluding carboxylic acids is 1. The van der Waals surface area contributed by atoms with Gasteiger partial charge in [0.1, 0.15) is 0 Å². The first-order chi connectivity index (χ1) is 14.6. The molecule has 2 aromatic rings. The molecule has 0 aromatic carbocycles. The molecule has 1 unspecified atom stereocenters. The minimum Gasteiger partial charge on any atom is -0.475 e. The number of carbonyl (C=O) groups is 2. The largest absolute Gasteiger partial charge is 0.490 e. The van der Waals surface area contributed by atoms with Crippen molar-refractivity contribution in [3.63, 3.8) is 0 Å². The minimum absolute atomic E-state index is 0.00452. The minimum atomic E-state index is -5.08. The molecule has 4 heterocycles. The maximum Gasteiger partial charge on any atom is 0.490 e. The van der Waals surface area contributed by atoms with Gasteiger partial charge in [0.25, 0.3) is 5.91 Å². The fourth-order valence-corrected chi connectivity index (χ4v) is 4.90. The van der Waals surface area contributed by atoms with Gasteiger partial charge in [-0.2, -0.15) is 13.2 Å². The van der Waals surface area contributed by atoms with E-state index in [0.29, 0.717) is 12.4 Å². The molecule has 4 rings (SSSR count). The zero-order valence-electron chi connectivity index (χ0n) is 16.6. The van der Waals surface area contributed by atoms with Gasteiger partial charge in [-0.05, 0) is 37.1 Å². The average molecular weight is 458 g/mol. The van der Waals surface area contributed by atoms with E-state index < -0.39 is 12.1 Å². The highest BCUT2D eigenvalue weighted by Gasteiger charge is 2.51. The lowest BCUT2D eigenvalue weighted by molar-refractivity contribution is -0.192.